The molecule has 0 radical (unpaired) electrons. The minimum atomic E-state index is -3.73. The highest BCUT2D eigenvalue weighted by Crippen LogP contribution is 2.37. The van der Waals surface area contributed by atoms with E-state index in [0.29, 0.717) is 36.2 Å². The summed E-state index contributed by atoms with van der Waals surface area (Å²) in [5, 5.41) is 1.24. The zero-order chi connectivity index (χ0) is 26.2. The quantitative estimate of drug-likeness (QED) is 0.440. The topological polar surface area (TPSA) is 60.9 Å². The van der Waals surface area contributed by atoms with Gasteiger partial charge in [-0.1, -0.05) is 65.7 Å². The maximum Gasteiger partial charge on any atom is 0.243 e. The van der Waals surface area contributed by atoms with Crippen LogP contribution in [0.2, 0.25) is 10.0 Å². The van der Waals surface area contributed by atoms with Gasteiger partial charge in [-0.15, -0.1) is 0 Å². The van der Waals surface area contributed by atoms with Crippen molar-refractivity contribution in [2.75, 3.05) is 44.2 Å². The van der Waals surface area contributed by atoms with Crippen LogP contribution in [0.25, 0.3) is 0 Å². The van der Waals surface area contributed by atoms with Gasteiger partial charge >= 0.3 is 0 Å². The molecule has 0 aliphatic carbocycles. The first-order chi connectivity index (χ1) is 17.7. The lowest BCUT2D eigenvalue weighted by Crippen LogP contribution is -2.51. The van der Waals surface area contributed by atoms with Crippen LogP contribution in [0.5, 0.6) is 0 Å². The van der Waals surface area contributed by atoms with E-state index in [1.165, 1.54) is 4.31 Å². The van der Waals surface area contributed by atoms with Crippen molar-refractivity contribution in [1.82, 2.24) is 9.21 Å². The van der Waals surface area contributed by atoms with Crippen LogP contribution in [0.3, 0.4) is 0 Å². The van der Waals surface area contributed by atoms with Crippen molar-refractivity contribution >= 4 is 44.8 Å². The maximum atomic E-state index is 13.9. The normalized spacial score (nSPS) is 20.8. The molecule has 6 nitrogen and oxygen atoms in total. The Morgan fingerprint density at radius 2 is 1.59 bits per heavy atom. The van der Waals surface area contributed by atoms with Gasteiger partial charge in [0.05, 0.1) is 21.5 Å². The first kappa shape index (κ1) is 26.0. The van der Waals surface area contributed by atoms with Crippen LogP contribution >= 0.6 is 23.2 Å². The van der Waals surface area contributed by atoms with E-state index in [0.717, 1.165) is 16.8 Å². The molecule has 2 fully saturated rings. The molecular formula is C28H29Cl2N3O3S. The highest BCUT2D eigenvalue weighted by Gasteiger charge is 2.45. The van der Waals surface area contributed by atoms with Gasteiger partial charge in [-0.2, -0.15) is 4.31 Å². The summed E-state index contributed by atoms with van der Waals surface area (Å²) in [5.41, 5.74) is 2.72. The minimum Gasteiger partial charge on any atom is -0.367 e. The third-order valence-corrected chi connectivity index (χ3v) is 9.68. The van der Waals surface area contributed by atoms with E-state index in [1.54, 1.807) is 30.3 Å². The third kappa shape index (κ3) is 5.36. The Balaban J connectivity index is 1.36. The Hall–Kier alpha value is -2.58. The van der Waals surface area contributed by atoms with E-state index >= 15 is 0 Å². The average molecular weight is 559 g/mol. The molecule has 2 atom stereocenters. The van der Waals surface area contributed by atoms with Gasteiger partial charge in [0, 0.05) is 50.2 Å². The molecule has 0 saturated carbocycles. The molecule has 0 spiro atoms. The predicted octanol–water partition coefficient (Wildman–Crippen LogP) is 5.05. The highest BCUT2D eigenvalue weighted by atomic mass is 35.5. The number of benzene rings is 3. The lowest BCUT2D eigenvalue weighted by molar-refractivity contribution is -0.135. The molecular weight excluding hydrogens is 529 g/mol. The van der Waals surface area contributed by atoms with Gasteiger partial charge in [0.2, 0.25) is 15.9 Å². The Labute approximate surface area is 228 Å². The largest absolute Gasteiger partial charge is 0.367 e. The van der Waals surface area contributed by atoms with Crippen LogP contribution in [0, 0.1) is 12.8 Å². The SMILES string of the molecule is Cc1cccc(S(=O)(=O)N2C[C@@H](C(=O)N3CCN(c4cc(Cl)ccc4Cl)CC3)[C@H](c3ccccc3)C2)c1. The molecule has 2 aliphatic heterocycles. The van der Waals surface area contributed by atoms with Gasteiger partial charge in [0.1, 0.15) is 0 Å². The number of carbonyl (C=O) groups is 1. The zero-order valence-corrected chi connectivity index (χ0v) is 22.9. The van der Waals surface area contributed by atoms with Crippen molar-refractivity contribution in [2.45, 2.75) is 17.7 Å². The van der Waals surface area contributed by atoms with E-state index in [4.69, 9.17) is 23.2 Å². The average Bonchev–Trinajstić information content (AvgIpc) is 3.37. The summed E-state index contributed by atoms with van der Waals surface area (Å²) in [4.78, 5) is 18.1. The van der Waals surface area contributed by atoms with Gasteiger partial charge < -0.3 is 9.80 Å². The van der Waals surface area contributed by atoms with Gasteiger partial charge in [0.15, 0.2) is 0 Å². The van der Waals surface area contributed by atoms with E-state index < -0.39 is 15.9 Å². The lowest BCUT2D eigenvalue weighted by Gasteiger charge is -2.38. The van der Waals surface area contributed by atoms with Crippen molar-refractivity contribution in [3.63, 3.8) is 0 Å². The minimum absolute atomic E-state index is 0.00682. The first-order valence-electron chi connectivity index (χ1n) is 12.3. The molecule has 5 rings (SSSR count). The summed E-state index contributed by atoms with van der Waals surface area (Å²) in [7, 11) is -3.73. The summed E-state index contributed by atoms with van der Waals surface area (Å²) in [6, 6.07) is 22.1. The van der Waals surface area contributed by atoms with Crippen molar-refractivity contribution in [3.8, 4) is 0 Å². The summed E-state index contributed by atoms with van der Waals surface area (Å²) in [5.74, 6) is -0.676. The van der Waals surface area contributed by atoms with Crippen LogP contribution in [0.15, 0.2) is 77.7 Å². The number of sulfonamides is 1. The van der Waals surface area contributed by atoms with Crippen molar-refractivity contribution < 1.29 is 13.2 Å². The number of hydrogen-bond donors (Lipinski definition) is 0. The fraction of sp³-hybridized carbons (Fsp3) is 0.321. The van der Waals surface area contributed by atoms with E-state index in [-0.39, 0.29) is 29.8 Å². The summed E-state index contributed by atoms with van der Waals surface area (Å²) >= 11 is 12.6. The molecule has 0 unspecified atom stereocenters. The smallest absolute Gasteiger partial charge is 0.243 e. The van der Waals surface area contributed by atoms with E-state index in [2.05, 4.69) is 4.90 Å². The molecule has 1 amide bonds. The van der Waals surface area contributed by atoms with Gasteiger partial charge in [0.25, 0.3) is 0 Å². The van der Waals surface area contributed by atoms with Crippen LogP contribution in [-0.4, -0.2) is 62.8 Å². The number of anilines is 1. The number of halogens is 2. The highest BCUT2D eigenvalue weighted by molar-refractivity contribution is 7.89. The molecule has 2 aliphatic rings. The van der Waals surface area contributed by atoms with Crippen LogP contribution in [0.4, 0.5) is 5.69 Å². The van der Waals surface area contributed by atoms with Crippen LogP contribution in [0.1, 0.15) is 17.0 Å². The predicted molar refractivity (Wildman–Crippen MR) is 148 cm³/mol. The molecule has 2 heterocycles. The molecule has 0 N–H and O–H groups in total. The molecule has 37 heavy (non-hydrogen) atoms. The third-order valence-electron chi connectivity index (χ3n) is 7.30. The zero-order valence-electron chi connectivity index (χ0n) is 20.6. The molecule has 0 aromatic heterocycles. The number of carbonyl (C=O) groups excluding carboxylic acids is 1. The Morgan fingerprint density at radius 1 is 0.865 bits per heavy atom. The van der Waals surface area contributed by atoms with Gasteiger partial charge in [-0.05, 0) is 48.4 Å². The second-order valence-electron chi connectivity index (χ2n) is 9.67. The Morgan fingerprint density at radius 3 is 2.30 bits per heavy atom. The van der Waals surface area contributed by atoms with Crippen LogP contribution < -0.4 is 4.90 Å². The van der Waals surface area contributed by atoms with Crippen LogP contribution in [-0.2, 0) is 14.8 Å². The number of nitrogens with zero attached hydrogens (tertiary/aromatic N) is 3. The summed E-state index contributed by atoms with van der Waals surface area (Å²) < 4.78 is 28.6. The van der Waals surface area contributed by atoms with Crippen molar-refractivity contribution in [3.05, 3.63) is 94.0 Å². The van der Waals surface area contributed by atoms with Crippen molar-refractivity contribution in [1.29, 1.82) is 0 Å². The molecule has 194 valence electrons. The second kappa shape index (κ2) is 10.7. The molecule has 3 aromatic carbocycles. The second-order valence-corrected chi connectivity index (χ2v) is 12.5. The Kier molecular flexibility index (Phi) is 7.50. The number of rotatable bonds is 5. The van der Waals surface area contributed by atoms with E-state index in [1.807, 2.05) is 54.3 Å². The Bertz CT molecular complexity index is 1390. The first-order valence-corrected chi connectivity index (χ1v) is 14.5. The number of aryl methyl sites for hydroxylation is 1. The maximum absolute atomic E-state index is 13.9. The fourth-order valence-corrected chi connectivity index (χ4v) is 7.31. The lowest BCUT2D eigenvalue weighted by atomic mass is 9.88. The van der Waals surface area contributed by atoms with Crippen molar-refractivity contribution in [2.24, 2.45) is 5.92 Å². The molecule has 2 saturated heterocycles. The standard InChI is InChI=1S/C28H29Cl2N3O3S/c1-20-6-5-9-23(16-20)37(35,36)33-18-24(21-7-3-2-4-8-21)25(19-33)28(34)32-14-12-31(13-15-32)27-17-22(29)10-11-26(27)30/h2-11,16-17,24-25H,12-15,18-19H2,1H3/t24-,25+/m0/s1. The summed E-state index contributed by atoms with van der Waals surface area (Å²) in [6.45, 7) is 4.62. The number of piperazine rings is 1. The van der Waals surface area contributed by atoms with Gasteiger partial charge in [-0.3, -0.25) is 4.79 Å². The number of amides is 1. The van der Waals surface area contributed by atoms with E-state index in [9.17, 15) is 13.2 Å². The monoisotopic (exact) mass is 557 g/mol. The molecule has 0 bridgehead atoms. The van der Waals surface area contributed by atoms with Gasteiger partial charge in [-0.25, -0.2) is 8.42 Å². The summed E-state index contributed by atoms with van der Waals surface area (Å²) in [6.07, 6.45) is 0. The fourth-order valence-electron chi connectivity index (χ4n) is 5.31. The molecule has 3 aromatic rings. The molecule has 9 heteroatoms. The number of hydrogen-bond acceptors (Lipinski definition) is 4.